The highest BCUT2D eigenvalue weighted by molar-refractivity contribution is 7.90. The van der Waals surface area contributed by atoms with Crippen LogP contribution in [0.25, 0.3) is 11.3 Å². The van der Waals surface area contributed by atoms with Crippen LogP contribution in [-0.4, -0.2) is 49.1 Å². The lowest BCUT2D eigenvalue weighted by Crippen LogP contribution is -2.33. The highest BCUT2D eigenvalue weighted by Crippen LogP contribution is 2.28. The van der Waals surface area contributed by atoms with E-state index in [2.05, 4.69) is 0 Å². The van der Waals surface area contributed by atoms with Crippen molar-refractivity contribution in [2.45, 2.75) is 37.8 Å². The Kier molecular flexibility index (Phi) is 7.16. The quantitative estimate of drug-likeness (QED) is 0.477. The third kappa shape index (κ3) is 5.66. The van der Waals surface area contributed by atoms with E-state index in [0.717, 1.165) is 3.97 Å². The zero-order valence-electron chi connectivity index (χ0n) is 19.8. The first-order valence-electron chi connectivity index (χ1n) is 10.6. The van der Waals surface area contributed by atoms with Crippen molar-refractivity contribution in [1.82, 2.24) is 8.87 Å². The molecule has 34 heavy (non-hydrogen) atoms. The molecule has 180 valence electrons. The molecule has 0 saturated heterocycles. The Morgan fingerprint density at radius 3 is 2.29 bits per heavy atom. The molecule has 3 aromatic rings. The summed E-state index contributed by atoms with van der Waals surface area (Å²) in [5.41, 5.74) is 1.18. The smallest absolute Gasteiger partial charge is 0.410 e. The van der Waals surface area contributed by atoms with Crippen LogP contribution in [0.15, 0.2) is 71.8 Å². The number of hydrogen-bond acceptors (Lipinski definition) is 6. The number of aromatic nitrogens is 1. The predicted molar refractivity (Wildman–Crippen MR) is 128 cm³/mol. The van der Waals surface area contributed by atoms with Gasteiger partial charge in [0.05, 0.1) is 29.8 Å². The van der Waals surface area contributed by atoms with E-state index in [1.54, 1.807) is 46.0 Å². The molecule has 9 heteroatoms. The number of rotatable bonds is 6. The minimum Gasteiger partial charge on any atom is -0.465 e. The van der Waals surface area contributed by atoms with Gasteiger partial charge in [-0.2, -0.15) is 0 Å². The maximum atomic E-state index is 13.6. The molecular formula is C25H28N2O6S. The van der Waals surface area contributed by atoms with E-state index in [-0.39, 0.29) is 17.0 Å². The SMILES string of the molecule is COC(=O)c1cccc(S(=O)(=O)n2cc(CN(C)C(=O)OC(C)(C)C)cc2-c2ccccc2)c1. The third-order valence-corrected chi connectivity index (χ3v) is 6.52. The second kappa shape index (κ2) is 9.72. The molecular weight excluding hydrogens is 456 g/mol. The first-order valence-corrected chi connectivity index (χ1v) is 12.0. The van der Waals surface area contributed by atoms with E-state index < -0.39 is 27.7 Å². The van der Waals surface area contributed by atoms with Crippen LogP contribution >= 0.6 is 0 Å². The van der Waals surface area contributed by atoms with Gasteiger partial charge in [0.1, 0.15) is 5.60 Å². The van der Waals surface area contributed by atoms with E-state index >= 15 is 0 Å². The molecule has 1 aromatic heterocycles. The molecule has 0 aliphatic carbocycles. The molecule has 2 aromatic carbocycles. The van der Waals surface area contributed by atoms with Crippen molar-refractivity contribution in [1.29, 1.82) is 0 Å². The van der Waals surface area contributed by atoms with Crippen LogP contribution < -0.4 is 0 Å². The van der Waals surface area contributed by atoms with E-state index in [4.69, 9.17) is 9.47 Å². The summed E-state index contributed by atoms with van der Waals surface area (Å²) in [6, 6.07) is 16.4. The Bertz CT molecular complexity index is 1290. The van der Waals surface area contributed by atoms with Crippen LogP contribution in [0, 0.1) is 0 Å². The largest absolute Gasteiger partial charge is 0.465 e. The fraction of sp³-hybridized carbons (Fsp3) is 0.280. The van der Waals surface area contributed by atoms with Gasteiger partial charge in [-0.1, -0.05) is 36.4 Å². The number of carbonyl (C=O) groups is 2. The van der Waals surface area contributed by atoms with Crippen LogP contribution in [0.4, 0.5) is 4.79 Å². The molecule has 0 spiro atoms. The second-order valence-corrected chi connectivity index (χ2v) is 10.6. The Morgan fingerprint density at radius 1 is 1.00 bits per heavy atom. The molecule has 0 atom stereocenters. The van der Waals surface area contributed by atoms with Crippen LogP contribution in [0.1, 0.15) is 36.7 Å². The van der Waals surface area contributed by atoms with Crippen molar-refractivity contribution in [2.24, 2.45) is 0 Å². The number of benzene rings is 2. The Hall–Kier alpha value is -3.59. The first-order chi connectivity index (χ1) is 15.9. The molecule has 0 radical (unpaired) electrons. The predicted octanol–water partition coefficient (Wildman–Crippen LogP) is 4.55. The summed E-state index contributed by atoms with van der Waals surface area (Å²) < 4.78 is 38.5. The number of hydrogen-bond donors (Lipinski definition) is 0. The van der Waals surface area contributed by atoms with Gasteiger partial charge < -0.3 is 14.4 Å². The number of nitrogens with zero attached hydrogens (tertiary/aromatic N) is 2. The summed E-state index contributed by atoms with van der Waals surface area (Å²) in [7, 11) is -1.25. The normalized spacial score (nSPS) is 11.7. The minimum atomic E-state index is -4.07. The highest BCUT2D eigenvalue weighted by Gasteiger charge is 2.25. The molecule has 0 aliphatic heterocycles. The van der Waals surface area contributed by atoms with Gasteiger partial charge in [-0.15, -0.1) is 0 Å². The van der Waals surface area contributed by atoms with E-state index in [1.165, 1.54) is 42.5 Å². The summed E-state index contributed by atoms with van der Waals surface area (Å²) in [5, 5.41) is 0. The monoisotopic (exact) mass is 484 g/mol. The van der Waals surface area contributed by atoms with Crippen LogP contribution in [0.2, 0.25) is 0 Å². The summed E-state index contributed by atoms with van der Waals surface area (Å²) in [4.78, 5) is 25.7. The number of ether oxygens (including phenoxy) is 2. The molecule has 0 fully saturated rings. The standard InChI is InChI=1S/C25H28N2O6S/c1-25(2,3)33-24(29)26(4)16-18-14-22(19-10-7-6-8-11-19)27(17-18)34(30,31)21-13-9-12-20(15-21)23(28)32-5/h6-15,17H,16H2,1-5H3. The van der Waals surface area contributed by atoms with Crippen LogP contribution in [-0.2, 0) is 26.0 Å². The number of amides is 1. The first kappa shape index (κ1) is 25.0. The van der Waals surface area contributed by atoms with Gasteiger partial charge in [-0.25, -0.2) is 22.0 Å². The lowest BCUT2D eigenvalue weighted by Gasteiger charge is -2.24. The van der Waals surface area contributed by atoms with Gasteiger partial charge in [0.2, 0.25) is 0 Å². The zero-order chi connectivity index (χ0) is 25.1. The molecule has 0 bridgehead atoms. The highest BCUT2D eigenvalue weighted by atomic mass is 32.2. The summed E-state index contributed by atoms with van der Waals surface area (Å²) in [6.07, 6.45) is 0.957. The Balaban J connectivity index is 2.05. The molecule has 0 aliphatic rings. The average molecular weight is 485 g/mol. The number of carbonyl (C=O) groups excluding carboxylic acids is 2. The van der Waals surface area contributed by atoms with Crippen molar-refractivity contribution < 1.29 is 27.5 Å². The van der Waals surface area contributed by atoms with Gasteiger partial charge in [0, 0.05) is 13.2 Å². The minimum absolute atomic E-state index is 0.0600. The molecule has 1 amide bonds. The second-order valence-electron chi connectivity index (χ2n) is 8.76. The molecule has 1 heterocycles. The van der Waals surface area contributed by atoms with Gasteiger partial charge >= 0.3 is 12.1 Å². The topological polar surface area (TPSA) is 94.9 Å². The lowest BCUT2D eigenvalue weighted by atomic mass is 10.1. The van der Waals surface area contributed by atoms with Crippen molar-refractivity contribution in [3.8, 4) is 11.3 Å². The summed E-state index contributed by atoms with van der Waals surface area (Å²) in [6.45, 7) is 5.46. The number of methoxy groups -OCH3 is 1. The fourth-order valence-corrected chi connectivity index (χ4v) is 4.74. The van der Waals surface area contributed by atoms with E-state index in [9.17, 15) is 18.0 Å². The molecule has 0 saturated carbocycles. The fourth-order valence-electron chi connectivity index (χ4n) is 3.29. The van der Waals surface area contributed by atoms with Crippen molar-refractivity contribution in [3.63, 3.8) is 0 Å². The van der Waals surface area contributed by atoms with Gasteiger partial charge in [0.25, 0.3) is 10.0 Å². The van der Waals surface area contributed by atoms with Gasteiger partial charge in [-0.3, -0.25) is 0 Å². The summed E-state index contributed by atoms with van der Waals surface area (Å²) in [5.74, 6) is -0.632. The zero-order valence-corrected chi connectivity index (χ0v) is 20.6. The van der Waals surface area contributed by atoms with Gasteiger partial charge in [0.15, 0.2) is 0 Å². The average Bonchev–Trinajstić information content (AvgIpc) is 3.22. The van der Waals surface area contributed by atoms with Crippen molar-refractivity contribution in [2.75, 3.05) is 14.2 Å². The lowest BCUT2D eigenvalue weighted by molar-refractivity contribution is 0.0285. The van der Waals surface area contributed by atoms with E-state index in [0.29, 0.717) is 16.8 Å². The molecule has 0 N–H and O–H groups in total. The maximum absolute atomic E-state index is 13.6. The van der Waals surface area contributed by atoms with Crippen molar-refractivity contribution >= 4 is 22.1 Å². The maximum Gasteiger partial charge on any atom is 0.410 e. The van der Waals surface area contributed by atoms with Crippen LogP contribution in [0.3, 0.4) is 0 Å². The van der Waals surface area contributed by atoms with Gasteiger partial charge in [-0.05, 0) is 56.2 Å². The summed E-state index contributed by atoms with van der Waals surface area (Å²) >= 11 is 0. The van der Waals surface area contributed by atoms with Crippen LogP contribution in [0.5, 0.6) is 0 Å². The Morgan fingerprint density at radius 2 is 1.68 bits per heavy atom. The Labute approximate surface area is 199 Å². The van der Waals surface area contributed by atoms with E-state index in [1.807, 2.05) is 18.2 Å². The molecule has 8 nitrogen and oxygen atoms in total. The third-order valence-electron chi connectivity index (χ3n) is 4.85. The molecule has 0 unspecified atom stereocenters. The number of esters is 1. The molecule has 3 rings (SSSR count). The van der Waals surface area contributed by atoms with Crippen molar-refractivity contribution in [3.05, 3.63) is 78.0 Å².